The molecule has 174 valence electrons. The number of unbranched alkanes of at least 4 members (excludes halogenated alkanes) is 14. The third-order valence-electron chi connectivity index (χ3n) is 6.24. The van der Waals surface area contributed by atoms with Gasteiger partial charge in [-0.15, -0.1) is 0 Å². The second-order valence-electron chi connectivity index (χ2n) is 9.03. The van der Waals surface area contributed by atoms with Crippen molar-refractivity contribution in [1.82, 2.24) is 4.90 Å². The number of carbonyl (C=O) groups excluding carboxylic acids is 2. The number of β-amino-alcohol motifs (C(OH)–C–C–N with tert-alkyl or cyclic N) is 1. The Morgan fingerprint density at radius 1 is 0.867 bits per heavy atom. The monoisotopic (exact) mass is 421 g/mol. The third kappa shape index (κ3) is 11.9. The molecule has 0 aromatic carbocycles. The Bertz CT molecular complexity index is 489. The first-order valence-electron chi connectivity index (χ1n) is 12.8. The van der Waals surface area contributed by atoms with Crippen LogP contribution in [0.25, 0.3) is 0 Å². The number of aliphatic hydroxyl groups is 1. The van der Waals surface area contributed by atoms with Gasteiger partial charge in [0.1, 0.15) is 0 Å². The lowest BCUT2D eigenvalue weighted by molar-refractivity contribution is -0.140. The van der Waals surface area contributed by atoms with Gasteiger partial charge in [0.25, 0.3) is 0 Å². The Balaban J connectivity index is 1.95. The van der Waals surface area contributed by atoms with Crippen LogP contribution in [0.4, 0.5) is 0 Å². The Labute approximate surface area is 185 Å². The number of imide groups is 1. The molecule has 0 aromatic rings. The van der Waals surface area contributed by atoms with Crippen LogP contribution >= 0.6 is 0 Å². The summed E-state index contributed by atoms with van der Waals surface area (Å²) in [4.78, 5) is 25.5. The van der Waals surface area contributed by atoms with Gasteiger partial charge in [-0.25, -0.2) is 0 Å². The molecule has 1 N–H and O–H groups in total. The van der Waals surface area contributed by atoms with E-state index in [1.54, 1.807) is 0 Å². The summed E-state index contributed by atoms with van der Waals surface area (Å²) in [6.07, 6.45) is 24.2. The highest BCUT2D eigenvalue weighted by Crippen LogP contribution is 2.22. The van der Waals surface area contributed by atoms with E-state index in [2.05, 4.69) is 13.0 Å². The van der Waals surface area contributed by atoms with Crippen LogP contribution in [0.5, 0.6) is 0 Å². The average molecular weight is 422 g/mol. The molecule has 1 saturated heterocycles. The maximum Gasteiger partial charge on any atom is 0.236 e. The molecule has 2 amide bonds. The molecule has 0 aliphatic carbocycles. The Hall–Kier alpha value is -1.16. The van der Waals surface area contributed by atoms with Crippen molar-refractivity contribution in [3.63, 3.8) is 0 Å². The molecule has 0 aromatic heterocycles. The van der Waals surface area contributed by atoms with Crippen LogP contribution in [0.3, 0.4) is 0 Å². The van der Waals surface area contributed by atoms with Gasteiger partial charge in [-0.3, -0.25) is 14.5 Å². The standard InChI is InChI=1S/C26H47NO3/c1-3-5-6-7-8-9-10-11-12-13-14-15-16-17-18-19-20-23-21-25(29)27(26(23)30)22-24(28)4-2/h19-20,23-24,28H,3-18,21-22H2,1-2H3. The van der Waals surface area contributed by atoms with E-state index < -0.39 is 6.10 Å². The van der Waals surface area contributed by atoms with Gasteiger partial charge in [-0.1, -0.05) is 109 Å². The fraction of sp³-hybridized carbons (Fsp3) is 0.846. The molecule has 1 heterocycles. The minimum absolute atomic E-state index is 0.136. The third-order valence-corrected chi connectivity index (χ3v) is 6.24. The van der Waals surface area contributed by atoms with Crippen molar-refractivity contribution in [3.05, 3.63) is 12.2 Å². The summed E-state index contributed by atoms with van der Waals surface area (Å²) in [6.45, 7) is 4.26. The smallest absolute Gasteiger partial charge is 0.236 e. The number of hydrogen-bond acceptors (Lipinski definition) is 3. The maximum absolute atomic E-state index is 12.3. The van der Waals surface area contributed by atoms with Gasteiger partial charge < -0.3 is 5.11 Å². The number of likely N-dealkylation sites (tertiary alicyclic amines) is 1. The van der Waals surface area contributed by atoms with Crippen molar-refractivity contribution in [3.8, 4) is 0 Å². The zero-order valence-electron chi connectivity index (χ0n) is 19.7. The lowest BCUT2D eigenvalue weighted by Gasteiger charge is -2.17. The van der Waals surface area contributed by atoms with Gasteiger partial charge >= 0.3 is 0 Å². The molecule has 2 unspecified atom stereocenters. The Morgan fingerprint density at radius 2 is 1.37 bits per heavy atom. The van der Waals surface area contributed by atoms with Crippen LogP contribution in [0.15, 0.2) is 12.2 Å². The zero-order valence-corrected chi connectivity index (χ0v) is 19.7. The summed E-state index contributed by atoms with van der Waals surface area (Å²) in [5.41, 5.74) is 0. The number of hydrogen-bond donors (Lipinski definition) is 1. The van der Waals surface area contributed by atoms with Gasteiger partial charge in [-0.05, 0) is 19.3 Å². The Morgan fingerprint density at radius 3 is 1.87 bits per heavy atom. The van der Waals surface area contributed by atoms with Gasteiger partial charge in [0.15, 0.2) is 0 Å². The van der Waals surface area contributed by atoms with Crippen LogP contribution < -0.4 is 0 Å². The minimum Gasteiger partial charge on any atom is -0.391 e. The van der Waals surface area contributed by atoms with Crippen molar-refractivity contribution in [2.24, 2.45) is 5.92 Å². The van der Waals surface area contributed by atoms with E-state index in [1.165, 1.54) is 88.4 Å². The fourth-order valence-corrected chi connectivity index (χ4v) is 4.11. The summed E-state index contributed by atoms with van der Waals surface area (Å²) in [7, 11) is 0. The largest absolute Gasteiger partial charge is 0.391 e. The molecule has 4 heteroatoms. The van der Waals surface area contributed by atoms with E-state index >= 15 is 0 Å². The molecular formula is C26H47NO3. The van der Waals surface area contributed by atoms with Crippen molar-refractivity contribution in [2.45, 2.75) is 129 Å². The first-order chi connectivity index (χ1) is 14.6. The molecule has 0 saturated carbocycles. The van der Waals surface area contributed by atoms with Gasteiger partial charge in [-0.2, -0.15) is 0 Å². The number of aliphatic hydroxyl groups excluding tert-OH is 1. The molecule has 2 atom stereocenters. The molecule has 0 radical (unpaired) electrons. The molecule has 1 aliphatic rings. The zero-order chi connectivity index (χ0) is 22.0. The Kier molecular flexibility index (Phi) is 15.7. The second-order valence-corrected chi connectivity index (χ2v) is 9.03. The molecule has 1 rings (SSSR count). The molecule has 1 aliphatic heterocycles. The first kappa shape index (κ1) is 26.9. The van der Waals surface area contributed by atoms with Crippen LogP contribution in [0, 0.1) is 5.92 Å². The highest BCUT2D eigenvalue weighted by molar-refractivity contribution is 6.04. The predicted molar refractivity (Wildman–Crippen MR) is 125 cm³/mol. The van der Waals surface area contributed by atoms with Gasteiger partial charge in [0.2, 0.25) is 11.8 Å². The van der Waals surface area contributed by atoms with Gasteiger partial charge in [0, 0.05) is 6.42 Å². The number of amides is 2. The van der Waals surface area contributed by atoms with Crippen molar-refractivity contribution in [1.29, 1.82) is 0 Å². The van der Waals surface area contributed by atoms with E-state index in [0.29, 0.717) is 6.42 Å². The van der Waals surface area contributed by atoms with Crippen LogP contribution in [-0.4, -0.2) is 34.5 Å². The molecule has 30 heavy (non-hydrogen) atoms. The number of carbonyl (C=O) groups is 2. The number of nitrogens with zero attached hydrogens (tertiary/aromatic N) is 1. The molecular weight excluding hydrogens is 374 g/mol. The topological polar surface area (TPSA) is 57.6 Å². The van der Waals surface area contributed by atoms with E-state index in [0.717, 1.165) is 12.8 Å². The van der Waals surface area contributed by atoms with Crippen molar-refractivity contribution >= 4 is 11.8 Å². The van der Waals surface area contributed by atoms with E-state index in [1.807, 2.05) is 13.0 Å². The quantitative estimate of drug-likeness (QED) is 0.146. The lowest BCUT2D eigenvalue weighted by atomic mass is 10.0. The van der Waals surface area contributed by atoms with E-state index in [-0.39, 0.29) is 30.7 Å². The van der Waals surface area contributed by atoms with E-state index in [4.69, 9.17) is 0 Å². The molecule has 1 fully saturated rings. The second kappa shape index (κ2) is 17.5. The summed E-state index contributed by atoms with van der Waals surface area (Å²) >= 11 is 0. The number of allylic oxidation sites excluding steroid dienone is 1. The predicted octanol–water partition coefficient (Wildman–Crippen LogP) is 6.56. The molecule has 0 spiro atoms. The fourth-order valence-electron chi connectivity index (χ4n) is 4.11. The SMILES string of the molecule is CCCCCCCCCCCCCCCCC=CC1CC(=O)N(CC(O)CC)C1=O. The normalized spacial score (nSPS) is 18.1. The summed E-state index contributed by atoms with van der Waals surface area (Å²) in [5, 5.41) is 9.70. The molecule has 4 nitrogen and oxygen atoms in total. The highest BCUT2D eigenvalue weighted by atomic mass is 16.3. The van der Waals surface area contributed by atoms with Crippen LogP contribution in [0.1, 0.15) is 123 Å². The molecule has 0 bridgehead atoms. The average Bonchev–Trinajstić information content (AvgIpc) is 3.00. The van der Waals surface area contributed by atoms with Crippen molar-refractivity contribution in [2.75, 3.05) is 6.54 Å². The van der Waals surface area contributed by atoms with Crippen LogP contribution in [0.2, 0.25) is 0 Å². The van der Waals surface area contributed by atoms with Crippen molar-refractivity contribution < 1.29 is 14.7 Å². The summed E-state index contributed by atoms with van der Waals surface area (Å²) in [5.74, 6) is -0.628. The lowest BCUT2D eigenvalue weighted by Crippen LogP contribution is -2.37. The maximum atomic E-state index is 12.3. The van der Waals surface area contributed by atoms with Gasteiger partial charge in [0.05, 0.1) is 18.6 Å². The minimum atomic E-state index is -0.615. The number of rotatable bonds is 19. The highest BCUT2D eigenvalue weighted by Gasteiger charge is 2.37. The van der Waals surface area contributed by atoms with E-state index in [9.17, 15) is 14.7 Å². The van der Waals surface area contributed by atoms with Crippen LogP contribution in [-0.2, 0) is 9.59 Å². The summed E-state index contributed by atoms with van der Waals surface area (Å²) < 4.78 is 0. The summed E-state index contributed by atoms with van der Waals surface area (Å²) in [6, 6.07) is 0. The first-order valence-corrected chi connectivity index (χ1v) is 12.8.